The highest BCUT2D eigenvalue weighted by molar-refractivity contribution is 9.10. The lowest BCUT2D eigenvalue weighted by Gasteiger charge is -2.36. The van der Waals surface area contributed by atoms with E-state index in [0.29, 0.717) is 6.04 Å². The van der Waals surface area contributed by atoms with E-state index in [0.717, 1.165) is 17.4 Å². The van der Waals surface area contributed by atoms with Gasteiger partial charge in [0.05, 0.1) is 11.4 Å². The molecule has 0 aliphatic carbocycles. The van der Waals surface area contributed by atoms with Crippen molar-refractivity contribution in [2.24, 2.45) is 0 Å². The summed E-state index contributed by atoms with van der Waals surface area (Å²) < 4.78 is 1.05. The zero-order valence-corrected chi connectivity index (χ0v) is 12.6. The number of hydrogen-bond acceptors (Lipinski definition) is 2. The maximum atomic E-state index is 4.56. The van der Waals surface area contributed by atoms with Gasteiger partial charge in [-0.15, -0.1) is 0 Å². The van der Waals surface area contributed by atoms with Gasteiger partial charge in [-0.25, -0.2) is 0 Å². The lowest BCUT2D eigenvalue weighted by atomic mass is 10.00. The van der Waals surface area contributed by atoms with Gasteiger partial charge in [0.1, 0.15) is 0 Å². The Labute approximate surface area is 122 Å². The van der Waals surface area contributed by atoms with Crippen molar-refractivity contribution >= 4 is 21.6 Å². The fraction of sp³-hybridized carbons (Fsp3) is 0.312. The van der Waals surface area contributed by atoms with Gasteiger partial charge in [0.25, 0.3) is 0 Å². The number of aromatic nitrogens is 1. The van der Waals surface area contributed by atoms with Gasteiger partial charge in [-0.3, -0.25) is 4.98 Å². The zero-order valence-electron chi connectivity index (χ0n) is 11.0. The van der Waals surface area contributed by atoms with Crippen LogP contribution in [0.5, 0.6) is 0 Å². The molecule has 3 rings (SSSR count). The molecule has 0 saturated carbocycles. The minimum absolute atomic E-state index is 0.559. The Kier molecular flexibility index (Phi) is 3.56. The van der Waals surface area contributed by atoms with Crippen LogP contribution in [0.25, 0.3) is 0 Å². The van der Waals surface area contributed by atoms with Crippen molar-refractivity contribution in [2.45, 2.75) is 32.4 Å². The summed E-state index contributed by atoms with van der Waals surface area (Å²) >= 11 is 3.53. The van der Waals surface area contributed by atoms with Crippen LogP contribution in [0.4, 0.5) is 5.69 Å². The molecule has 2 nitrogen and oxygen atoms in total. The fourth-order valence-corrected chi connectivity index (χ4v) is 2.98. The quantitative estimate of drug-likeness (QED) is 0.826. The molecule has 1 aromatic heterocycles. The molecular weight excluding hydrogens is 300 g/mol. The molecular formula is C16H17BrN2. The Bertz CT molecular complexity index is 568. The molecule has 0 bridgehead atoms. The minimum atomic E-state index is 0.559. The number of halogens is 1. The summed E-state index contributed by atoms with van der Waals surface area (Å²) in [5.41, 5.74) is 3.84. The smallest absolute Gasteiger partial charge is 0.0638 e. The summed E-state index contributed by atoms with van der Waals surface area (Å²) in [4.78, 5) is 7.02. The van der Waals surface area contributed by atoms with Gasteiger partial charge in [-0.05, 0) is 47.3 Å². The summed E-state index contributed by atoms with van der Waals surface area (Å²) in [7, 11) is 0. The lowest BCUT2D eigenvalue weighted by Crippen LogP contribution is -2.37. The number of pyridine rings is 1. The van der Waals surface area contributed by atoms with E-state index in [1.54, 1.807) is 0 Å². The maximum absolute atomic E-state index is 4.56. The van der Waals surface area contributed by atoms with Crippen LogP contribution in [0.2, 0.25) is 0 Å². The molecule has 2 heterocycles. The maximum Gasteiger partial charge on any atom is 0.0638 e. The van der Waals surface area contributed by atoms with E-state index in [2.05, 4.69) is 69.1 Å². The second-order valence-corrected chi connectivity index (χ2v) is 6.04. The molecule has 0 fully saturated rings. The largest absolute Gasteiger partial charge is 0.363 e. The van der Waals surface area contributed by atoms with Crippen molar-refractivity contribution in [3.8, 4) is 0 Å². The number of aryl methyl sites for hydroxylation is 1. The van der Waals surface area contributed by atoms with Crippen LogP contribution in [0.3, 0.4) is 0 Å². The third-order valence-electron chi connectivity index (χ3n) is 3.75. The van der Waals surface area contributed by atoms with Crippen LogP contribution < -0.4 is 4.90 Å². The number of benzene rings is 1. The summed E-state index contributed by atoms with van der Waals surface area (Å²) in [6.45, 7) is 3.25. The molecule has 98 valence electrons. The predicted octanol–water partition coefficient (Wildman–Crippen LogP) is 4.19. The summed E-state index contributed by atoms with van der Waals surface area (Å²) in [5, 5.41) is 0. The van der Waals surface area contributed by atoms with Crippen LogP contribution >= 0.6 is 15.9 Å². The van der Waals surface area contributed by atoms with Gasteiger partial charge < -0.3 is 4.90 Å². The molecule has 0 amide bonds. The Morgan fingerprint density at radius 1 is 1.32 bits per heavy atom. The van der Waals surface area contributed by atoms with Gasteiger partial charge in [-0.1, -0.05) is 30.3 Å². The van der Waals surface area contributed by atoms with E-state index < -0.39 is 0 Å². The average Bonchev–Trinajstić information content (AvgIpc) is 2.43. The second-order valence-electron chi connectivity index (χ2n) is 5.12. The summed E-state index contributed by atoms with van der Waals surface area (Å²) in [6, 6.07) is 13.4. The van der Waals surface area contributed by atoms with E-state index in [4.69, 9.17) is 0 Å². The summed E-state index contributed by atoms with van der Waals surface area (Å²) in [5.74, 6) is 0. The first-order valence-corrected chi connectivity index (χ1v) is 7.48. The summed E-state index contributed by atoms with van der Waals surface area (Å²) in [6.07, 6.45) is 4.15. The Morgan fingerprint density at radius 3 is 2.89 bits per heavy atom. The van der Waals surface area contributed by atoms with Crippen LogP contribution in [-0.4, -0.2) is 11.0 Å². The molecule has 1 aliphatic heterocycles. The van der Waals surface area contributed by atoms with Crippen LogP contribution in [0, 0.1) is 0 Å². The number of nitrogens with zero attached hydrogens (tertiary/aromatic N) is 2. The number of rotatable bonds is 2. The highest BCUT2D eigenvalue weighted by Gasteiger charge is 2.24. The van der Waals surface area contributed by atoms with Crippen LogP contribution in [-0.2, 0) is 13.0 Å². The molecule has 0 spiro atoms. The molecule has 1 atom stereocenters. The van der Waals surface area contributed by atoms with Crippen LogP contribution in [0.15, 0.2) is 47.1 Å². The zero-order chi connectivity index (χ0) is 13.2. The molecule has 0 N–H and O–H groups in total. The van der Waals surface area contributed by atoms with Crippen molar-refractivity contribution in [3.63, 3.8) is 0 Å². The van der Waals surface area contributed by atoms with Crippen molar-refractivity contribution in [3.05, 3.63) is 58.3 Å². The third-order valence-corrected chi connectivity index (χ3v) is 4.18. The van der Waals surface area contributed by atoms with E-state index in [1.807, 2.05) is 6.20 Å². The first kappa shape index (κ1) is 12.7. The molecule has 19 heavy (non-hydrogen) atoms. The van der Waals surface area contributed by atoms with E-state index >= 15 is 0 Å². The molecule has 1 aromatic carbocycles. The lowest BCUT2D eigenvalue weighted by molar-refractivity contribution is 0.552. The number of hydrogen-bond donors (Lipinski definition) is 0. The van der Waals surface area contributed by atoms with E-state index in [9.17, 15) is 0 Å². The first-order chi connectivity index (χ1) is 9.24. The van der Waals surface area contributed by atoms with Gasteiger partial charge in [0.2, 0.25) is 0 Å². The fourth-order valence-electron chi connectivity index (χ4n) is 2.66. The standard InChI is InChI=1S/C16H17BrN2/c1-12-7-8-15-16(9-14(17)10-18-15)19(12)11-13-5-3-2-4-6-13/h2-6,9-10,12H,7-8,11H2,1H3/t12-/m0/s1. The monoisotopic (exact) mass is 316 g/mol. The molecule has 2 aromatic rings. The Balaban J connectivity index is 1.94. The third kappa shape index (κ3) is 2.66. The van der Waals surface area contributed by atoms with Crippen molar-refractivity contribution in [1.29, 1.82) is 0 Å². The minimum Gasteiger partial charge on any atom is -0.363 e. The molecule has 1 aliphatic rings. The predicted molar refractivity (Wildman–Crippen MR) is 82.3 cm³/mol. The van der Waals surface area contributed by atoms with E-state index in [1.165, 1.54) is 23.4 Å². The first-order valence-electron chi connectivity index (χ1n) is 6.69. The Hall–Kier alpha value is -1.35. The SMILES string of the molecule is C[C@H]1CCc2ncc(Br)cc2N1Cc1ccccc1. The van der Waals surface area contributed by atoms with Gasteiger partial charge in [-0.2, -0.15) is 0 Å². The van der Waals surface area contributed by atoms with Crippen molar-refractivity contribution in [2.75, 3.05) is 4.90 Å². The van der Waals surface area contributed by atoms with Gasteiger partial charge in [0.15, 0.2) is 0 Å². The highest BCUT2D eigenvalue weighted by Crippen LogP contribution is 2.32. The average molecular weight is 317 g/mol. The normalized spacial score (nSPS) is 18.2. The topological polar surface area (TPSA) is 16.1 Å². The number of anilines is 1. The van der Waals surface area contributed by atoms with Crippen molar-refractivity contribution in [1.82, 2.24) is 4.98 Å². The van der Waals surface area contributed by atoms with Crippen LogP contribution in [0.1, 0.15) is 24.6 Å². The second kappa shape index (κ2) is 5.33. The van der Waals surface area contributed by atoms with Crippen molar-refractivity contribution < 1.29 is 0 Å². The molecule has 0 unspecified atom stereocenters. The highest BCUT2D eigenvalue weighted by atomic mass is 79.9. The molecule has 3 heteroatoms. The van der Waals surface area contributed by atoms with E-state index in [-0.39, 0.29) is 0 Å². The number of fused-ring (bicyclic) bond motifs is 1. The Morgan fingerprint density at radius 2 is 2.11 bits per heavy atom. The molecule has 0 saturated heterocycles. The van der Waals surface area contributed by atoms with Gasteiger partial charge in [0, 0.05) is 23.3 Å². The van der Waals surface area contributed by atoms with Gasteiger partial charge >= 0.3 is 0 Å². The molecule has 0 radical (unpaired) electrons.